The molecule has 0 saturated carbocycles. The van der Waals surface area contributed by atoms with Gasteiger partial charge in [0.2, 0.25) is 0 Å². The van der Waals surface area contributed by atoms with Crippen LogP contribution in [0.15, 0.2) is 47.6 Å². The smallest absolute Gasteiger partial charge is 0.308 e. The number of esters is 1. The summed E-state index contributed by atoms with van der Waals surface area (Å²) >= 11 is 0. The van der Waals surface area contributed by atoms with Crippen molar-refractivity contribution in [2.75, 3.05) is 13.7 Å². The SMILES string of the molecule is COc1cc(/C=N/NC(=O)COc2ccccc2C)ccc1OC(C)=O. The second-order valence-electron chi connectivity index (χ2n) is 5.35. The first-order valence-corrected chi connectivity index (χ1v) is 7.86. The van der Waals surface area contributed by atoms with Crippen molar-refractivity contribution in [1.82, 2.24) is 5.43 Å². The van der Waals surface area contributed by atoms with Gasteiger partial charge >= 0.3 is 5.97 Å². The lowest BCUT2D eigenvalue weighted by molar-refractivity contribution is -0.132. The monoisotopic (exact) mass is 356 g/mol. The molecule has 0 fully saturated rings. The van der Waals surface area contributed by atoms with Crippen molar-refractivity contribution >= 4 is 18.1 Å². The van der Waals surface area contributed by atoms with E-state index in [2.05, 4.69) is 10.5 Å². The number of para-hydroxylation sites is 1. The molecule has 1 N–H and O–H groups in total. The Kier molecular flexibility index (Phi) is 6.73. The van der Waals surface area contributed by atoms with Gasteiger partial charge in [0.05, 0.1) is 13.3 Å². The number of nitrogens with one attached hydrogen (secondary N) is 1. The number of ether oxygens (including phenoxy) is 3. The fourth-order valence-corrected chi connectivity index (χ4v) is 2.08. The Morgan fingerprint density at radius 1 is 1.12 bits per heavy atom. The Morgan fingerprint density at radius 3 is 2.58 bits per heavy atom. The molecular formula is C19H20N2O5. The molecule has 0 bridgehead atoms. The average Bonchev–Trinajstić information content (AvgIpc) is 2.61. The molecule has 0 aliphatic heterocycles. The van der Waals surface area contributed by atoms with Crippen molar-refractivity contribution < 1.29 is 23.8 Å². The lowest BCUT2D eigenvalue weighted by Gasteiger charge is -2.08. The molecule has 2 aromatic rings. The number of hydrogen-bond donors (Lipinski definition) is 1. The number of carbonyl (C=O) groups excluding carboxylic acids is 2. The average molecular weight is 356 g/mol. The quantitative estimate of drug-likeness (QED) is 0.356. The van der Waals surface area contributed by atoms with Crippen LogP contribution in [0.5, 0.6) is 17.2 Å². The maximum atomic E-state index is 11.8. The highest BCUT2D eigenvalue weighted by atomic mass is 16.6. The summed E-state index contributed by atoms with van der Waals surface area (Å²) < 4.78 is 15.6. The minimum absolute atomic E-state index is 0.142. The molecular weight excluding hydrogens is 336 g/mol. The number of carbonyl (C=O) groups is 2. The molecule has 0 atom stereocenters. The first-order valence-electron chi connectivity index (χ1n) is 7.86. The standard InChI is InChI=1S/C19H20N2O5/c1-13-6-4-5-7-16(13)25-12-19(23)21-20-11-15-8-9-17(26-14(2)22)18(10-15)24-3/h4-11H,12H2,1-3H3,(H,21,23)/b20-11+. The van der Waals surface area contributed by atoms with Crippen LogP contribution in [0.2, 0.25) is 0 Å². The third-order valence-electron chi connectivity index (χ3n) is 3.30. The van der Waals surface area contributed by atoms with E-state index in [-0.39, 0.29) is 12.5 Å². The topological polar surface area (TPSA) is 86.2 Å². The number of benzene rings is 2. The summed E-state index contributed by atoms with van der Waals surface area (Å²) in [6.07, 6.45) is 1.45. The number of rotatable bonds is 7. The zero-order chi connectivity index (χ0) is 18.9. The lowest BCUT2D eigenvalue weighted by atomic mass is 10.2. The molecule has 1 amide bonds. The molecule has 0 spiro atoms. The van der Waals surface area contributed by atoms with Gasteiger partial charge in [-0.1, -0.05) is 18.2 Å². The van der Waals surface area contributed by atoms with Crippen LogP contribution in [-0.2, 0) is 9.59 Å². The highest BCUT2D eigenvalue weighted by molar-refractivity contribution is 5.84. The van der Waals surface area contributed by atoms with Gasteiger partial charge in [-0.15, -0.1) is 0 Å². The number of hydrogen-bond acceptors (Lipinski definition) is 6. The molecule has 0 saturated heterocycles. The van der Waals surface area contributed by atoms with Crippen LogP contribution in [0.25, 0.3) is 0 Å². The van der Waals surface area contributed by atoms with Crippen molar-refractivity contribution in [3.63, 3.8) is 0 Å². The van der Waals surface area contributed by atoms with E-state index in [0.29, 0.717) is 22.8 Å². The number of aryl methyl sites for hydroxylation is 1. The van der Waals surface area contributed by atoms with Gasteiger partial charge in [0, 0.05) is 6.92 Å². The Balaban J connectivity index is 1.90. The van der Waals surface area contributed by atoms with E-state index < -0.39 is 5.97 Å². The van der Waals surface area contributed by atoms with E-state index in [1.165, 1.54) is 20.2 Å². The molecule has 0 aliphatic rings. The van der Waals surface area contributed by atoms with Crippen LogP contribution < -0.4 is 19.6 Å². The Hall–Kier alpha value is -3.35. The van der Waals surface area contributed by atoms with E-state index in [9.17, 15) is 9.59 Å². The number of methoxy groups -OCH3 is 1. The molecule has 136 valence electrons. The molecule has 0 aliphatic carbocycles. The van der Waals surface area contributed by atoms with Gasteiger partial charge in [-0.3, -0.25) is 9.59 Å². The highest BCUT2D eigenvalue weighted by Crippen LogP contribution is 2.27. The van der Waals surface area contributed by atoms with E-state index in [0.717, 1.165) is 5.56 Å². The molecule has 7 nitrogen and oxygen atoms in total. The number of amides is 1. The van der Waals surface area contributed by atoms with Crippen molar-refractivity contribution in [3.8, 4) is 17.2 Å². The van der Waals surface area contributed by atoms with Crippen molar-refractivity contribution in [1.29, 1.82) is 0 Å². The van der Waals surface area contributed by atoms with Gasteiger partial charge in [-0.2, -0.15) is 5.10 Å². The van der Waals surface area contributed by atoms with Crippen LogP contribution in [0, 0.1) is 6.92 Å². The van der Waals surface area contributed by atoms with Crippen molar-refractivity contribution in [2.24, 2.45) is 5.10 Å². The van der Waals surface area contributed by atoms with Crippen LogP contribution in [0.1, 0.15) is 18.1 Å². The maximum absolute atomic E-state index is 11.8. The molecule has 0 aromatic heterocycles. The van der Waals surface area contributed by atoms with E-state index in [1.807, 2.05) is 25.1 Å². The summed E-state index contributed by atoms with van der Waals surface area (Å²) in [4.78, 5) is 22.8. The van der Waals surface area contributed by atoms with E-state index >= 15 is 0 Å². The summed E-state index contributed by atoms with van der Waals surface area (Å²) in [5, 5.41) is 3.87. The van der Waals surface area contributed by atoms with Crippen LogP contribution >= 0.6 is 0 Å². The normalized spacial score (nSPS) is 10.4. The molecule has 2 rings (SSSR count). The van der Waals surface area contributed by atoms with Crippen molar-refractivity contribution in [3.05, 3.63) is 53.6 Å². The van der Waals surface area contributed by atoms with Gasteiger partial charge in [-0.05, 0) is 42.3 Å². The van der Waals surface area contributed by atoms with E-state index in [4.69, 9.17) is 14.2 Å². The second-order valence-corrected chi connectivity index (χ2v) is 5.35. The zero-order valence-corrected chi connectivity index (χ0v) is 14.8. The minimum atomic E-state index is -0.439. The predicted octanol–water partition coefficient (Wildman–Crippen LogP) is 2.46. The summed E-state index contributed by atoms with van der Waals surface area (Å²) in [6.45, 7) is 3.07. The summed E-state index contributed by atoms with van der Waals surface area (Å²) in [5.41, 5.74) is 4.00. The third-order valence-corrected chi connectivity index (χ3v) is 3.30. The zero-order valence-electron chi connectivity index (χ0n) is 14.8. The van der Waals surface area contributed by atoms with E-state index in [1.54, 1.807) is 24.3 Å². The van der Waals surface area contributed by atoms with Gasteiger partial charge < -0.3 is 14.2 Å². The first-order chi connectivity index (χ1) is 12.5. The minimum Gasteiger partial charge on any atom is -0.493 e. The number of nitrogens with zero attached hydrogens (tertiary/aromatic N) is 1. The van der Waals surface area contributed by atoms with Gasteiger partial charge in [-0.25, -0.2) is 5.43 Å². The summed E-state index contributed by atoms with van der Waals surface area (Å²) in [5.74, 6) is 0.530. The predicted molar refractivity (Wildman–Crippen MR) is 96.7 cm³/mol. The first kappa shape index (κ1) is 19.0. The van der Waals surface area contributed by atoms with Gasteiger partial charge in [0.15, 0.2) is 18.1 Å². The van der Waals surface area contributed by atoms with Crippen LogP contribution in [0.3, 0.4) is 0 Å². The largest absolute Gasteiger partial charge is 0.493 e. The van der Waals surface area contributed by atoms with Gasteiger partial charge in [0.25, 0.3) is 5.91 Å². The Labute approximate surface area is 151 Å². The Bertz CT molecular complexity index is 817. The Morgan fingerprint density at radius 2 is 1.88 bits per heavy atom. The molecule has 0 unspecified atom stereocenters. The second kappa shape index (κ2) is 9.22. The lowest BCUT2D eigenvalue weighted by Crippen LogP contribution is -2.24. The third kappa shape index (κ3) is 5.62. The summed E-state index contributed by atoms with van der Waals surface area (Å²) in [6, 6.07) is 12.3. The molecule has 7 heteroatoms. The molecule has 2 aromatic carbocycles. The molecule has 0 heterocycles. The molecule has 26 heavy (non-hydrogen) atoms. The number of hydrazone groups is 1. The van der Waals surface area contributed by atoms with Crippen LogP contribution in [0.4, 0.5) is 0 Å². The molecule has 0 radical (unpaired) electrons. The fourth-order valence-electron chi connectivity index (χ4n) is 2.08. The van der Waals surface area contributed by atoms with Crippen LogP contribution in [-0.4, -0.2) is 31.8 Å². The van der Waals surface area contributed by atoms with Crippen molar-refractivity contribution in [2.45, 2.75) is 13.8 Å². The highest BCUT2D eigenvalue weighted by Gasteiger charge is 2.07. The van der Waals surface area contributed by atoms with Gasteiger partial charge in [0.1, 0.15) is 5.75 Å². The fraction of sp³-hybridized carbons (Fsp3) is 0.211. The maximum Gasteiger partial charge on any atom is 0.308 e. The summed E-state index contributed by atoms with van der Waals surface area (Å²) in [7, 11) is 1.47.